The minimum absolute atomic E-state index is 0.217. The Morgan fingerprint density at radius 3 is 1.30 bits per heavy atom. The molecular formula is C69H58N4. The Kier molecular flexibility index (Phi) is 11.3. The first-order valence-corrected chi connectivity index (χ1v) is 26.0. The van der Waals surface area contributed by atoms with E-state index in [0.29, 0.717) is 5.92 Å². The Hall–Kier alpha value is -8.60. The Morgan fingerprint density at radius 2 is 0.781 bits per heavy atom. The van der Waals surface area contributed by atoms with Gasteiger partial charge in [0.25, 0.3) is 0 Å². The average Bonchev–Trinajstić information content (AvgIpc) is 3.76. The lowest BCUT2D eigenvalue weighted by atomic mass is 9.79. The first-order chi connectivity index (χ1) is 35.9. The van der Waals surface area contributed by atoms with Crippen LogP contribution < -0.4 is 19.6 Å². The molecule has 2 aliphatic rings. The van der Waals surface area contributed by atoms with Gasteiger partial charge in [-0.15, -0.1) is 0 Å². The van der Waals surface area contributed by atoms with Crippen molar-refractivity contribution in [2.75, 3.05) is 19.6 Å². The average molecular weight is 943 g/mol. The predicted octanol–water partition coefficient (Wildman–Crippen LogP) is 19.0. The van der Waals surface area contributed by atoms with E-state index in [2.05, 4.69) is 283 Å². The largest absolute Gasteiger partial charge is 0.338 e. The van der Waals surface area contributed by atoms with Crippen LogP contribution in [0.1, 0.15) is 47.4 Å². The lowest BCUT2D eigenvalue weighted by molar-refractivity contribution is 0.358. The van der Waals surface area contributed by atoms with Crippen molar-refractivity contribution in [3.63, 3.8) is 0 Å². The fraction of sp³-hybridized carbons (Fsp3) is 0.130. The zero-order valence-corrected chi connectivity index (χ0v) is 41.7. The van der Waals surface area contributed by atoms with Gasteiger partial charge < -0.3 is 19.6 Å². The Morgan fingerprint density at radius 1 is 0.370 bits per heavy atom. The monoisotopic (exact) mass is 942 g/mol. The van der Waals surface area contributed by atoms with Gasteiger partial charge in [-0.25, -0.2) is 0 Å². The maximum absolute atomic E-state index is 2.72. The second-order valence-electron chi connectivity index (χ2n) is 20.3. The molecular weight excluding hydrogens is 885 g/mol. The molecule has 0 bridgehead atoms. The first kappa shape index (κ1) is 44.3. The summed E-state index contributed by atoms with van der Waals surface area (Å²) < 4.78 is 0. The second-order valence-corrected chi connectivity index (χ2v) is 20.3. The quantitative estimate of drug-likeness (QED) is 0.135. The summed E-state index contributed by atoms with van der Waals surface area (Å²) in [5, 5.41) is 7.45. The van der Waals surface area contributed by atoms with Crippen LogP contribution in [0.4, 0.5) is 56.9 Å². The van der Waals surface area contributed by atoms with Gasteiger partial charge in [-0.05, 0) is 153 Å². The van der Waals surface area contributed by atoms with Crippen LogP contribution in [0.15, 0.2) is 243 Å². The Bertz CT molecular complexity index is 3770. The molecule has 4 heteroatoms. The number of hydrogen-bond donors (Lipinski definition) is 0. The molecule has 11 aromatic rings. The van der Waals surface area contributed by atoms with E-state index in [4.69, 9.17) is 0 Å². The van der Waals surface area contributed by atoms with E-state index < -0.39 is 0 Å². The fourth-order valence-corrected chi connectivity index (χ4v) is 12.2. The molecule has 1 aliphatic carbocycles. The summed E-state index contributed by atoms with van der Waals surface area (Å²) in [5.41, 5.74) is 17.1. The molecule has 1 saturated carbocycles. The van der Waals surface area contributed by atoms with E-state index in [9.17, 15) is 0 Å². The second kappa shape index (κ2) is 18.5. The molecule has 1 fully saturated rings. The van der Waals surface area contributed by atoms with Gasteiger partial charge in [0.05, 0.1) is 11.4 Å². The molecule has 73 heavy (non-hydrogen) atoms. The highest BCUT2D eigenvalue weighted by Crippen LogP contribution is 2.55. The van der Waals surface area contributed by atoms with E-state index in [1.54, 1.807) is 0 Å². The molecule has 1 heterocycles. The number of benzene rings is 11. The van der Waals surface area contributed by atoms with Crippen molar-refractivity contribution in [2.24, 2.45) is 0 Å². The van der Waals surface area contributed by atoms with Crippen molar-refractivity contribution in [2.45, 2.75) is 58.0 Å². The van der Waals surface area contributed by atoms with Gasteiger partial charge in [0.1, 0.15) is 0 Å². The first-order valence-electron chi connectivity index (χ1n) is 26.0. The van der Waals surface area contributed by atoms with Crippen molar-refractivity contribution in [3.8, 4) is 0 Å². The number of fused-ring (bicyclic) bond motifs is 6. The summed E-state index contributed by atoms with van der Waals surface area (Å²) in [6.45, 7) is 6.52. The molecule has 1 aliphatic heterocycles. The van der Waals surface area contributed by atoms with Gasteiger partial charge in [0.15, 0.2) is 0 Å². The lowest BCUT2D eigenvalue weighted by Crippen LogP contribution is -2.44. The third-order valence-corrected chi connectivity index (χ3v) is 15.7. The maximum Gasteiger partial charge on any atom is 0.0540 e. The van der Waals surface area contributed by atoms with Gasteiger partial charge in [-0.2, -0.15) is 0 Å². The summed E-state index contributed by atoms with van der Waals surface area (Å²) in [4.78, 5) is 10.3. The van der Waals surface area contributed by atoms with Crippen LogP contribution in [0.25, 0.3) is 32.3 Å². The van der Waals surface area contributed by atoms with Gasteiger partial charge in [0.2, 0.25) is 0 Å². The van der Waals surface area contributed by atoms with Gasteiger partial charge in [-0.1, -0.05) is 168 Å². The molecule has 13 rings (SSSR count). The highest BCUT2D eigenvalue weighted by molar-refractivity contribution is 6.01. The number of nitrogens with zero attached hydrogens (tertiary/aromatic N) is 4. The molecule has 0 spiro atoms. The SMILES string of the molecule is Cc1ccc(N(c2ccc(N3c4cc(N(c5ccc(C)cc5)c5cccc6ccccc56)ccc4[C@H]4CCC(N(c5ccc(C)cc5)c5cccc6ccccc56)CC43)cc2)c2cccc3ccccc23)cc1. The molecule has 0 saturated heterocycles. The normalized spacial score (nSPS) is 16.1. The van der Waals surface area contributed by atoms with Crippen molar-refractivity contribution in [3.05, 3.63) is 265 Å². The van der Waals surface area contributed by atoms with Crippen LogP contribution in [0.2, 0.25) is 0 Å². The van der Waals surface area contributed by atoms with Crippen molar-refractivity contribution >= 4 is 89.2 Å². The van der Waals surface area contributed by atoms with E-state index in [0.717, 1.165) is 47.7 Å². The number of hydrogen-bond acceptors (Lipinski definition) is 4. The van der Waals surface area contributed by atoms with Crippen LogP contribution >= 0.6 is 0 Å². The zero-order valence-electron chi connectivity index (χ0n) is 41.7. The van der Waals surface area contributed by atoms with Crippen LogP contribution in [-0.4, -0.2) is 12.1 Å². The molecule has 4 nitrogen and oxygen atoms in total. The minimum atomic E-state index is 0.217. The Balaban J connectivity index is 0.969. The highest BCUT2D eigenvalue weighted by atomic mass is 15.2. The van der Waals surface area contributed by atoms with E-state index >= 15 is 0 Å². The third-order valence-electron chi connectivity index (χ3n) is 15.7. The molecule has 2 unspecified atom stereocenters. The van der Waals surface area contributed by atoms with E-state index in [-0.39, 0.29) is 12.1 Å². The van der Waals surface area contributed by atoms with Gasteiger partial charge in [0, 0.05) is 79.7 Å². The van der Waals surface area contributed by atoms with E-state index in [1.165, 1.54) is 83.0 Å². The van der Waals surface area contributed by atoms with Crippen LogP contribution in [0, 0.1) is 20.8 Å². The van der Waals surface area contributed by atoms with Gasteiger partial charge in [-0.3, -0.25) is 0 Å². The lowest BCUT2D eigenvalue weighted by Gasteiger charge is -2.43. The molecule has 354 valence electrons. The number of rotatable bonds is 10. The summed E-state index contributed by atoms with van der Waals surface area (Å²) in [6.07, 6.45) is 3.15. The van der Waals surface area contributed by atoms with Crippen molar-refractivity contribution in [1.29, 1.82) is 0 Å². The summed E-state index contributed by atoms with van der Waals surface area (Å²) in [5.74, 6) is 0.359. The Labute approximate surface area is 429 Å². The zero-order chi connectivity index (χ0) is 49.0. The van der Waals surface area contributed by atoms with Crippen LogP contribution in [0.3, 0.4) is 0 Å². The van der Waals surface area contributed by atoms with Crippen molar-refractivity contribution in [1.82, 2.24) is 0 Å². The van der Waals surface area contributed by atoms with E-state index in [1.807, 2.05) is 0 Å². The van der Waals surface area contributed by atoms with Crippen LogP contribution in [0.5, 0.6) is 0 Å². The molecule has 0 amide bonds. The van der Waals surface area contributed by atoms with Gasteiger partial charge >= 0.3 is 0 Å². The fourth-order valence-electron chi connectivity index (χ4n) is 12.2. The predicted molar refractivity (Wildman–Crippen MR) is 310 cm³/mol. The minimum Gasteiger partial charge on any atom is -0.338 e. The molecule has 0 aromatic heterocycles. The summed E-state index contributed by atoms with van der Waals surface area (Å²) in [6, 6.07) is 91.0. The standard InChI is InChI=1S/C69H58N4/c1-47-25-31-53(32-26-47)70(65-22-10-16-50-13-4-7-19-60(50)65)56-37-39-57(40-38-56)73-68-45-58(71(54-33-27-48(2)28-34-54)66-23-11-17-51-14-5-8-20-61(51)66)41-43-63(68)64-44-42-59(46-69(64)73)72(55-35-29-49(3)30-36-55)67-24-12-18-52-15-6-9-21-62(52)67/h4-41,43,45,59,64,69H,42,44,46H2,1-3H3/t59?,64-,69?/m1/s1. The van der Waals surface area contributed by atoms with Crippen LogP contribution in [-0.2, 0) is 0 Å². The number of aryl methyl sites for hydroxylation is 3. The molecule has 0 N–H and O–H groups in total. The smallest absolute Gasteiger partial charge is 0.0540 e. The summed E-state index contributed by atoms with van der Waals surface area (Å²) >= 11 is 0. The third kappa shape index (κ3) is 8.04. The number of anilines is 10. The molecule has 0 radical (unpaired) electrons. The molecule has 11 aromatic carbocycles. The highest BCUT2D eigenvalue weighted by Gasteiger charge is 2.45. The topological polar surface area (TPSA) is 13.0 Å². The molecule has 3 atom stereocenters. The summed E-state index contributed by atoms with van der Waals surface area (Å²) in [7, 11) is 0. The van der Waals surface area contributed by atoms with Crippen molar-refractivity contribution < 1.29 is 0 Å². The maximum atomic E-state index is 2.72.